The standard InChI is InChI=1S/C18H17Br2N3O3/c1-10(2)17(25)22-14-5-3-11(4-6-14)18(26)23-21-9-12-7-13(19)8-15(20)16(12)24/h3-10,24H,1-2H3,(H,22,25)(H,23,26). The van der Waals surface area contributed by atoms with Gasteiger partial charge in [0, 0.05) is 27.2 Å². The number of phenols is 1. The molecule has 2 aromatic rings. The molecular formula is C18H17Br2N3O3. The number of nitrogens with one attached hydrogen (secondary N) is 2. The maximum absolute atomic E-state index is 12.1. The maximum Gasteiger partial charge on any atom is 0.271 e. The van der Waals surface area contributed by atoms with Crippen molar-refractivity contribution in [3.05, 3.63) is 56.5 Å². The van der Waals surface area contributed by atoms with E-state index in [0.29, 0.717) is 21.3 Å². The molecule has 2 aromatic carbocycles. The number of benzene rings is 2. The predicted molar refractivity (Wildman–Crippen MR) is 108 cm³/mol. The second kappa shape index (κ2) is 8.95. The molecule has 0 aliphatic carbocycles. The normalized spacial score (nSPS) is 11.0. The quantitative estimate of drug-likeness (QED) is 0.438. The smallest absolute Gasteiger partial charge is 0.271 e. The Bertz CT molecular complexity index is 850. The first-order valence-corrected chi connectivity index (χ1v) is 9.29. The van der Waals surface area contributed by atoms with Crippen LogP contribution in [0, 0.1) is 5.92 Å². The summed E-state index contributed by atoms with van der Waals surface area (Å²) in [5.74, 6) is -0.596. The topological polar surface area (TPSA) is 90.8 Å². The molecule has 6 nitrogen and oxygen atoms in total. The van der Waals surface area contributed by atoms with E-state index in [4.69, 9.17) is 0 Å². The molecule has 0 unspecified atom stereocenters. The van der Waals surface area contributed by atoms with E-state index in [2.05, 4.69) is 47.7 Å². The molecule has 2 rings (SSSR count). The van der Waals surface area contributed by atoms with Crippen LogP contribution in [0.2, 0.25) is 0 Å². The number of anilines is 1. The molecule has 2 amide bonds. The number of hydrogen-bond acceptors (Lipinski definition) is 4. The Hall–Kier alpha value is -2.19. The van der Waals surface area contributed by atoms with Gasteiger partial charge in [0.25, 0.3) is 5.91 Å². The fourth-order valence-electron chi connectivity index (χ4n) is 1.90. The van der Waals surface area contributed by atoms with E-state index in [1.54, 1.807) is 50.2 Å². The van der Waals surface area contributed by atoms with Crippen LogP contribution < -0.4 is 10.7 Å². The first kappa shape index (κ1) is 20.1. The number of nitrogens with zero attached hydrogens (tertiary/aromatic N) is 1. The lowest BCUT2D eigenvalue weighted by Gasteiger charge is -2.08. The monoisotopic (exact) mass is 481 g/mol. The third-order valence-corrected chi connectivity index (χ3v) is 4.43. The zero-order valence-electron chi connectivity index (χ0n) is 14.1. The Morgan fingerprint density at radius 2 is 1.81 bits per heavy atom. The van der Waals surface area contributed by atoms with Crippen LogP contribution in [0.5, 0.6) is 5.75 Å². The number of phenolic OH excluding ortho intramolecular Hbond substituents is 1. The molecular weight excluding hydrogens is 466 g/mol. The van der Waals surface area contributed by atoms with Gasteiger partial charge < -0.3 is 10.4 Å². The van der Waals surface area contributed by atoms with Crippen LogP contribution in [0.3, 0.4) is 0 Å². The van der Waals surface area contributed by atoms with Gasteiger partial charge in [0.1, 0.15) is 5.75 Å². The lowest BCUT2D eigenvalue weighted by Crippen LogP contribution is -2.19. The lowest BCUT2D eigenvalue weighted by atomic mass is 10.1. The fourth-order valence-corrected chi connectivity index (χ4v) is 3.16. The Balaban J connectivity index is 2.01. The summed E-state index contributed by atoms with van der Waals surface area (Å²) in [6.07, 6.45) is 1.35. The number of carbonyl (C=O) groups excluding carboxylic acids is 2. The van der Waals surface area contributed by atoms with Gasteiger partial charge in [0.2, 0.25) is 5.91 Å². The zero-order valence-corrected chi connectivity index (χ0v) is 17.3. The molecule has 0 bridgehead atoms. The summed E-state index contributed by atoms with van der Waals surface area (Å²) in [7, 11) is 0. The van der Waals surface area contributed by atoms with Crippen LogP contribution in [-0.2, 0) is 4.79 Å². The zero-order chi connectivity index (χ0) is 19.3. The Kier molecular flexibility index (Phi) is 6.93. The number of amides is 2. The number of aromatic hydroxyl groups is 1. The molecule has 0 radical (unpaired) electrons. The van der Waals surface area contributed by atoms with Crippen molar-refractivity contribution in [1.82, 2.24) is 5.43 Å². The van der Waals surface area contributed by atoms with Crippen molar-refractivity contribution in [2.75, 3.05) is 5.32 Å². The number of rotatable bonds is 5. The van der Waals surface area contributed by atoms with E-state index in [1.807, 2.05) is 0 Å². The molecule has 0 saturated heterocycles. The minimum atomic E-state index is -0.406. The number of hydrogen-bond donors (Lipinski definition) is 3. The summed E-state index contributed by atoms with van der Waals surface area (Å²) in [4.78, 5) is 23.7. The molecule has 0 spiro atoms. The highest BCUT2D eigenvalue weighted by Gasteiger charge is 2.09. The van der Waals surface area contributed by atoms with Crippen molar-refractivity contribution in [2.45, 2.75) is 13.8 Å². The highest BCUT2D eigenvalue weighted by molar-refractivity contribution is 9.11. The molecule has 8 heteroatoms. The van der Waals surface area contributed by atoms with Crippen LogP contribution in [0.1, 0.15) is 29.8 Å². The van der Waals surface area contributed by atoms with Crippen LogP contribution in [0.15, 0.2) is 50.4 Å². The molecule has 0 saturated carbocycles. The summed E-state index contributed by atoms with van der Waals surface area (Å²) in [5, 5.41) is 16.6. The van der Waals surface area contributed by atoms with Crippen molar-refractivity contribution in [2.24, 2.45) is 11.0 Å². The first-order chi connectivity index (χ1) is 12.3. The Morgan fingerprint density at radius 3 is 2.42 bits per heavy atom. The van der Waals surface area contributed by atoms with Crippen molar-refractivity contribution < 1.29 is 14.7 Å². The van der Waals surface area contributed by atoms with E-state index in [9.17, 15) is 14.7 Å². The largest absolute Gasteiger partial charge is 0.506 e. The van der Waals surface area contributed by atoms with Gasteiger partial charge >= 0.3 is 0 Å². The Morgan fingerprint density at radius 1 is 1.15 bits per heavy atom. The summed E-state index contributed by atoms with van der Waals surface area (Å²) in [6, 6.07) is 9.85. The molecule has 26 heavy (non-hydrogen) atoms. The summed E-state index contributed by atoms with van der Waals surface area (Å²) >= 11 is 6.55. The predicted octanol–water partition coefficient (Wildman–Crippen LogP) is 4.28. The van der Waals surface area contributed by atoms with Crippen LogP contribution in [0.25, 0.3) is 0 Å². The fraction of sp³-hybridized carbons (Fsp3) is 0.167. The maximum atomic E-state index is 12.1. The van der Waals surface area contributed by atoms with Crippen LogP contribution in [-0.4, -0.2) is 23.1 Å². The number of carbonyl (C=O) groups is 2. The van der Waals surface area contributed by atoms with Crippen molar-refractivity contribution in [3.8, 4) is 5.75 Å². The van der Waals surface area contributed by atoms with Gasteiger partial charge in [-0.15, -0.1) is 0 Å². The van der Waals surface area contributed by atoms with Crippen molar-refractivity contribution in [3.63, 3.8) is 0 Å². The van der Waals surface area contributed by atoms with Gasteiger partial charge in [0.15, 0.2) is 0 Å². The van der Waals surface area contributed by atoms with Crippen LogP contribution in [0.4, 0.5) is 5.69 Å². The molecule has 136 valence electrons. The lowest BCUT2D eigenvalue weighted by molar-refractivity contribution is -0.118. The highest BCUT2D eigenvalue weighted by Crippen LogP contribution is 2.30. The summed E-state index contributed by atoms with van der Waals surface area (Å²) in [5.41, 5.74) is 3.85. The Labute approximate surface area is 167 Å². The highest BCUT2D eigenvalue weighted by atomic mass is 79.9. The molecule has 0 aliphatic heterocycles. The summed E-state index contributed by atoms with van der Waals surface area (Å²) < 4.78 is 1.27. The van der Waals surface area contributed by atoms with Crippen LogP contribution >= 0.6 is 31.9 Å². The minimum absolute atomic E-state index is 0.0245. The third kappa shape index (κ3) is 5.40. The van der Waals surface area contributed by atoms with Crippen molar-refractivity contribution >= 4 is 55.6 Å². The van der Waals surface area contributed by atoms with Gasteiger partial charge in [0.05, 0.1) is 10.7 Å². The molecule has 0 aromatic heterocycles. The van der Waals surface area contributed by atoms with Crippen molar-refractivity contribution in [1.29, 1.82) is 0 Å². The average molecular weight is 483 g/mol. The van der Waals surface area contributed by atoms with Gasteiger partial charge in [-0.05, 0) is 52.3 Å². The second-order valence-electron chi connectivity index (χ2n) is 5.75. The molecule has 0 atom stereocenters. The molecule has 0 heterocycles. The second-order valence-corrected chi connectivity index (χ2v) is 7.52. The SMILES string of the molecule is CC(C)C(=O)Nc1ccc(C(=O)NN=Cc2cc(Br)cc(Br)c2O)cc1. The summed E-state index contributed by atoms with van der Waals surface area (Å²) in [6.45, 7) is 3.60. The number of hydrazone groups is 1. The average Bonchev–Trinajstić information content (AvgIpc) is 2.59. The van der Waals surface area contributed by atoms with Gasteiger partial charge in [-0.2, -0.15) is 5.10 Å². The van der Waals surface area contributed by atoms with E-state index < -0.39 is 5.91 Å². The molecule has 3 N–H and O–H groups in total. The van der Waals surface area contributed by atoms with E-state index >= 15 is 0 Å². The van der Waals surface area contributed by atoms with Gasteiger partial charge in [-0.1, -0.05) is 29.8 Å². The third-order valence-electron chi connectivity index (χ3n) is 3.37. The number of halogens is 2. The molecule has 0 aliphatic rings. The van der Waals surface area contributed by atoms with E-state index in [-0.39, 0.29) is 17.6 Å². The first-order valence-electron chi connectivity index (χ1n) is 7.70. The van der Waals surface area contributed by atoms with E-state index in [1.165, 1.54) is 6.21 Å². The minimum Gasteiger partial charge on any atom is -0.506 e. The van der Waals surface area contributed by atoms with E-state index in [0.717, 1.165) is 4.47 Å². The van der Waals surface area contributed by atoms with Gasteiger partial charge in [-0.25, -0.2) is 5.43 Å². The molecule has 0 fully saturated rings. The van der Waals surface area contributed by atoms with Gasteiger partial charge in [-0.3, -0.25) is 9.59 Å².